The molecule has 5 nitrogen and oxygen atoms in total. The van der Waals surface area contributed by atoms with Gasteiger partial charge in [-0.05, 0) is 46.1 Å². The second-order valence-electron chi connectivity index (χ2n) is 6.34. The first-order chi connectivity index (χ1) is 13.4. The first-order valence-corrected chi connectivity index (χ1v) is 10.9. The molecule has 2 aromatic heterocycles. The number of nitrogens with one attached hydrogen (secondary N) is 2. The molecule has 2 amide bonds. The van der Waals surface area contributed by atoms with E-state index in [2.05, 4.69) is 26.6 Å². The van der Waals surface area contributed by atoms with Crippen molar-refractivity contribution in [3.05, 3.63) is 66.6 Å². The summed E-state index contributed by atoms with van der Waals surface area (Å²) in [7, 11) is 0. The molecule has 5 rings (SSSR count). The Labute approximate surface area is 177 Å². The number of hydrogen-bond acceptors (Lipinski definition) is 5. The van der Waals surface area contributed by atoms with Crippen molar-refractivity contribution in [1.82, 2.24) is 10.6 Å². The van der Waals surface area contributed by atoms with Crippen LogP contribution in [0.15, 0.2) is 40.2 Å². The van der Waals surface area contributed by atoms with Crippen LogP contribution in [0.4, 0.5) is 0 Å². The number of rotatable bonds is 2. The molecule has 0 fully saturated rings. The van der Waals surface area contributed by atoms with Crippen molar-refractivity contribution in [2.75, 3.05) is 0 Å². The SMILES string of the molecule is CC(=O)c1ccccc1-c1cc2c(s1)C(=O)NC2.O=C1NCc2cc(Br)sc21. The zero-order valence-electron chi connectivity index (χ0n) is 14.8. The smallest absolute Gasteiger partial charge is 0.262 e. The highest BCUT2D eigenvalue weighted by molar-refractivity contribution is 9.11. The molecular formula is C20H15BrN2O3S2. The van der Waals surface area contributed by atoms with Crippen molar-refractivity contribution < 1.29 is 14.4 Å². The monoisotopic (exact) mass is 474 g/mol. The predicted octanol–water partition coefficient (Wildman–Crippen LogP) is 4.62. The van der Waals surface area contributed by atoms with Gasteiger partial charge >= 0.3 is 0 Å². The zero-order valence-corrected chi connectivity index (χ0v) is 18.0. The third kappa shape index (κ3) is 3.55. The second kappa shape index (κ2) is 7.62. The molecule has 0 radical (unpaired) electrons. The lowest BCUT2D eigenvalue weighted by Crippen LogP contribution is -2.12. The molecule has 2 N–H and O–H groups in total. The minimum Gasteiger partial charge on any atom is -0.347 e. The van der Waals surface area contributed by atoms with Crippen LogP contribution in [0.1, 0.15) is 47.8 Å². The zero-order chi connectivity index (χ0) is 19.8. The maximum absolute atomic E-state index is 11.6. The van der Waals surface area contributed by atoms with Gasteiger partial charge in [0, 0.05) is 29.1 Å². The van der Waals surface area contributed by atoms with Gasteiger partial charge in [-0.3, -0.25) is 14.4 Å². The lowest BCUT2D eigenvalue weighted by molar-refractivity contribution is 0.0961. The number of hydrogen-bond donors (Lipinski definition) is 2. The van der Waals surface area contributed by atoms with Gasteiger partial charge in [0.05, 0.1) is 13.5 Å². The van der Waals surface area contributed by atoms with Gasteiger partial charge in [-0.15, -0.1) is 22.7 Å². The third-order valence-electron chi connectivity index (χ3n) is 4.45. The molecule has 2 aliphatic heterocycles. The number of thiophene rings is 2. The number of carbonyl (C=O) groups is 3. The van der Waals surface area contributed by atoms with E-state index in [1.165, 1.54) is 22.7 Å². The Kier molecular flexibility index (Phi) is 5.18. The first kappa shape index (κ1) is 19.0. The Morgan fingerprint density at radius 2 is 1.57 bits per heavy atom. The summed E-state index contributed by atoms with van der Waals surface area (Å²) in [5, 5.41) is 5.53. The summed E-state index contributed by atoms with van der Waals surface area (Å²) in [5.74, 6) is 0.0934. The van der Waals surface area contributed by atoms with Crippen molar-refractivity contribution in [2.45, 2.75) is 20.0 Å². The summed E-state index contributed by atoms with van der Waals surface area (Å²) < 4.78 is 1.03. The lowest BCUT2D eigenvalue weighted by Gasteiger charge is -2.04. The van der Waals surface area contributed by atoms with E-state index in [-0.39, 0.29) is 17.6 Å². The standard InChI is InChI=1S/C14H11NO2S.C6H4BrNOS/c1-8(16)10-4-2-3-5-11(10)12-6-9-7-15-14(17)13(9)18-12;7-4-1-3-2-8-6(9)5(3)10-4/h2-6H,7H2,1H3,(H,15,17);1H,2H2,(H,8,9). The first-order valence-electron chi connectivity index (χ1n) is 8.51. The van der Waals surface area contributed by atoms with Crippen LogP contribution in [0.25, 0.3) is 10.4 Å². The fourth-order valence-electron chi connectivity index (χ4n) is 3.12. The van der Waals surface area contributed by atoms with Crippen LogP contribution in [-0.2, 0) is 13.1 Å². The minimum absolute atomic E-state index is 0.0124. The van der Waals surface area contributed by atoms with Gasteiger partial charge in [-0.2, -0.15) is 0 Å². The molecular weight excluding hydrogens is 460 g/mol. The molecule has 142 valence electrons. The predicted molar refractivity (Wildman–Crippen MR) is 114 cm³/mol. The quantitative estimate of drug-likeness (QED) is 0.532. The van der Waals surface area contributed by atoms with E-state index in [9.17, 15) is 14.4 Å². The number of carbonyl (C=O) groups excluding carboxylic acids is 3. The van der Waals surface area contributed by atoms with E-state index in [1.54, 1.807) is 6.92 Å². The van der Waals surface area contributed by atoms with Gasteiger partial charge in [-0.25, -0.2) is 0 Å². The maximum Gasteiger partial charge on any atom is 0.262 e. The number of fused-ring (bicyclic) bond motifs is 2. The Morgan fingerprint density at radius 1 is 0.964 bits per heavy atom. The average molecular weight is 475 g/mol. The second-order valence-corrected chi connectivity index (χ2v) is 9.82. The molecule has 0 saturated heterocycles. The van der Waals surface area contributed by atoms with Crippen molar-refractivity contribution in [2.24, 2.45) is 0 Å². The van der Waals surface area contributed by atoms with E-state index in [4.69, 9.17) is 0 Å². The van der Waals surface area contributed by atoms with Crippen molar-refractivity contribution in [3.63, 3.8) is 0 Å². The van der Waals surface area contributed by atoms with Crippen molar-refractivity contribution in [1.29, 1.82) is 0 Å². The number of ketones is 1. The largest absolute Gasteiger partial charge is 0.347 e. The number of halogens is 1. The summed E-state index contributed by atoms with van der Waals surface area (Å²) in [4.78, 5) is 36.7. The van der Waals surface area contributed by atoms with Gasteiger partial charge in [0.15, 0.2) is 5.78 Å². The molecule has 0 unspecified atom stereocenters. The summed E-state index contributed by atoms with van der Waals surface area (Å²) in [6.45, 7) is 2.84. The van der Waals surface area contributed by atoms with Gasteiger partial charge in [0.1, 0.15) is 0 Å². The summed E-state index contributed by atoms with van der Waals surface area (Å²) in [6, 6.07) is 11.5. The van der Waals surface area contributed by atoms with Crippen molar-refractivity contribution in [3.8, 4) is 10.4 Å². The van der Waals surface area contributed by atoms with Crippen LogP contribution in [0.2, 0.25) is 0 Å². The molecule has 0 bridgehead atoms. The molecule has 0 aliphatic carbocycles. The van der Waals surface area contributed by atoms with E-state index in [0.29, 0.717) is 18.7 Å². The van der Waals surface area contributed by atoms with E-state index in [0.717, 1.165) is 35.1 Å². The van der Waals surface area contributed by atoms with E-state index in [1.807, 2.05) is 36.4 Å². The maximum atomic E-state index is 11.6. The third-order valence-corrected chi connectivity index (χ3v) is 7.34. The Hall–Kier alpha value is -2.29. The summed E-state index contributed by atoms with van der Waals surface area (Å²) in [5.41, 5.74) is 3.76. The topological polar surface area (TPSA) is 75.3 Å². The van der Waals surface area contributed by atoms with Gasteiger partial charge in [0.25, 0.3) is 11.8 Å². The lowest BCUT2D eigenvalue weighted by atomic mass is 10.0. The molecule has 0 saturated carbocycles. The molecule has 4 heterocycles. The van der Waals surface area contributed by atoms with E-state index >= 15 is 0 Å². The van der Waals surface area contributed by atoms with Crippen LogP contribution in [0, 0.1) is 0 Å². The highest BCUT2D eigenvalue weighted by Gasteiger charge is 2.24. The Bertz CT molecular complexity index is 1120. The summed E-state index contributed by atoms with van der Waals surface area (Å²) in [6.07, 6.45) is 0. The van der Waals surface area contributed by atoms with Crippen molar-refractivity contribution >= 4 is 56.2 Å². The number of benzene rings is 1. The van der Waals surface area contributed by atoms with E-state index < -0.39 is 0 Å². The molecule has 0 spiro atoms. The van der Waals surface area contributed by atoms with Crippen LogP contribution >= 0.6 is 38.6 Å². The summed E-state index contributed by atoms with van der Waals surface area (Å²) >= 11 is 6.26. The van der Waals surface area contributed by atoms with Gasteiger partial charge in [0.2, 0.25) is 0 Å². The molecule has 8 heteroatoms. The van der Waals surface area contributed by atoms with Crippen LogP contribution in [0.3, 0.4) is 0 Å². The average Bonchev–Trinajstić information content (AvgIpc) is 3.41. The highest BCUT2D eigenvalue weighted by Crippen LogP contribution is 2.35. The van der Waals surface area contributed by atoms with Crippen LogP contribution < -0.4 is 10.6 Å². The molecule has 0 atom stereocenters. The Morgan fingerprint density at radius 3 is 2.18 bits per heavy atom. The fourth-order valence-corrected chi connectivity index (χ4v) is 5.84. The normalized spacial score (nSPS) is 13.9. The number of Topliss-reactive ketones (excluding diaryl/α,β-unsaturated/α-hetero) is 1. The molecule has 3 aromatic rings. The highest BCUT2D eigenvalue weighted by atomic mass is 79.9. The van der Waals surface area contributed by atoms with Crippen LogP contribution in [0.5, 0.6) is 0 Å². The van der Waals surface area contributed by atoms with Crippen LogP contribution in [-0.4, -0.2) is 17.6 Å². The Balaban J connectivity index is 0.000000162. The molecule has 1 aromatic carbocycles. The van der Waals surface area contributed by atoms with Gasteiger partial charge in [-0.1, -0.05) is 24.3 Å². The minimum atomic E-state index is -0.0124. The number of amides is 2. The van der Waals surface area contributed by atoms with Gasteiger partial charge < -0.3 is 10.6 Å². The fraction of sp³-hybridized carbons (Fsp3) is 0.150. The molecule has 2 aliphatic rings. The molecule has 28 heavy (non-hydrogen) atoms.